The number of β-amino-alcohol motifs (C(OH)–C–C–N with tert-alkyl or cyclic N) is 1. The number of carbonyl (C=O) groups is 1. The fraction of sp³-hybridized carbons (Fsp3) is 0.435. The molecule has 0 aromatic heterocycles. The number of piperidine rings is 1. The standard InChI is InChI=1S/C23H28FN3O3/c24-18-6-7-22-17(14-18)8-13-27(22)23(29)25-19-9-11-26(12-10-19)15-20(28)16-30-21-4-2-1-3-5-21/h1-7,14,19-20,28H,8-13,15-16H2,(H,25,29). The van der Waals surface area contributed by atoms with Crippen LogP contribution in [0.4, 0.5) is 14.9 Å². The topological polar surface area (TPSA) is 65.0 Å². The average Bonchev–Trinajstić information content (AvgIpc) is 3.17. The number of halogens is 1. The van der Waals surface area contributed by atoms with Gasteiger partial charge in [0, 0.05) is 37.9 Å². The third kappa shape index (κ3) is 5.09. The highest BCUT2D eigenvalue weighted by atomic mass is 19.1. The van der Waals surface area contributed by atoms with Gasteiger partial charge >= 0.3 is 6.03 Å². The smallest absolute Gasteiger partial charge is 0.322 e. The maximum atomic E-state index is 13.4. The van der Waals surface area contributed by atoms with Gasteiger partial charge in [-0.3, -0.25) is 4.90 Å². The molecule has 2 heterocycles. The molecular formula is C23H28FN3O3. The minimum atomic E-state index is -0.558. The Morgan fingerprint density at radius 2 is 1.93 bits per heavy atom. The SMILES string of the molecule is O=C(NC1CCN(CC(O)COc2ccccc2)CC1)N1CCc2cc(F)ccc21. The Labute approximate surface area is 176 Å². The van der Waals surface area contributed by atoms with Crippen LogP contribution in [0.15, 0.2) is 48.5 Å². The molecule has 0 radical (unpaired) electrons. The molecule has 2 N–H and O–H groups in total. The minimum absolute atomic E-state index is 0.107. The van der Waals surface area contributed by atoms with Crippen LogP contribution >= 0.6 is 0 Å². The van der Waals surface area contributed by atoms with Crippen LogP contribution in [0.1, 0.15) is 18.4 Å². The number of para-hydroxylation sites is 1. The van der Waals surface area contributed by atoms with Crippen LogP contribution in [-0.4, -0.2) is 61.0 Å². The van der Waals surface area contributed by atoms with Crippen LogP contribution < -0.4 is 15.0 Å². The van der Waals surface area contributed by atoms with Gasteiger partial charge in [-0.2, -0.15) is 0 Å². The van der Waals surface area contributed by atoms with E-state index in [1.54, 1.807) is 11.0 Å². The first kappa shape index (κ1) is 20.6. The quantitative estimate of drug-likeness (QED) is 0.765. The first-order valence-corrected chi connectivity index (χ1v) is 10.5. The lowest BCUT2D eigenvalue weighted by Crippen LogP contribution is -2.50. The number of hydrogen-bond acceptors (Lipinski definition) is 4. The molecule has 1 fully saturated rings. The minimum Gasteiger partial charge on any atom is -0.491 e. The Hall–Kier alpha value is -2.64. The van der Waals surface area contributed by atoms with Crippen LogP contribution in [0.3, 0.4) is 0 Å². The number of benzene rings is 2. The molecule has 0 aliphatic carbocycles. The number of rotatable bonds is 6. The van der Waals surface area contributed by atoms with E-state index in [0.717, 1.165) is 42.9 Å². The molecule has 0 spiro atoms. The van der Waals surface area contributed by atoms with Crippen molar-refractivity contribution in [1.82, 2.24) is 10.2 Å². The molecule has 1 atom stereocenters. The van der Waals surface area contributed by atoms with Gasteiger partial charge < -0.3 is 20.1 Å². The van der Waals surface area contributed by atoms with Crippen molar-refractivity contribution in [3.8, 4) is 5.75 Å². The average molecular weight is 413 g/mol. The Balaban J connectivity index is 1.19. The molecule has 1 saturated heterocycles. The number of anilines is 1. The number of likely N-dealkylation sites (tertiary alicyclic amines) is 1. The summed E-state index contributed by atoms with van der Waals surface area (Å²) < 4.78 is 19.0. The van der Waals surface area contributed by atoms with E-state index < -0.39 is 6.10 Å². The fourth-order valence-electron chi connectivity index (χ4n) is 4.15. The van der Waals surface area contributed by atoms with E-state index in [4.69, 9.17) is 4.74 Å². The molecule has 30 heavy (non-hydrogen) atoms. The van der Waals surface area contributed by atoms with Gasteiger partial charge in [0.25, 0.3) is 0 Å². The molecule has 1 unspecified atom stereocenters. The van der Waals surface area contributed by atoms with E-state index in [9.17, 15) is 14.3 Å². The largest absolute Gasteiger partial charge is 0.491 e. The lowest BCUT2D eigenvalue weighted by molar-refractivity contribution is 0.0584. The van der Waals surface area contributed by atoms with E-state index in [0.29, 0.717) is 19.5 Å². The highest BCUT2D eigenvalue weighted by molar-refractivity contribution is 5.94. The van der Waals surface area contributed by atoms with Crippen LogP contribution in [0.2, 0.25) is 0 Å². The lowest BCUT2D eigenvalue weighted by atomic mass is 10.0. The predicted molar refractivity (Wildman–Crippen MR) is 113 cm³/mol. The fourth-order valence-corrected chi connectivity index (χ4v) is 4.15. The molecule has 0 bridgehead atoms. The number of amides is 2. The highest BCUT2D eigenvalue weighted by Gasteiger charge is 2.28. The molecular weight excluding hydrogens is 385 g/mol. The molecule has 2 aromatic rings. The van der Waals surface area contributed by atoms with Gasteiger partial charge in [-0.25, -0.2) is 9.18 Å². The van der Waals surface area contributed by atoms with Gasteiger partial charge in [-0.1, -0.05) is 18.2 Å². The molecule has 2 aliphatic heterocycles. The summed E-state index contributed by atoms with van der Waals surface area (Å²) in [5.74, 6) is 0.490. The van der Waals surface area contributed by atoms with Gasteiger partial charge in [0.1, 0.15) is 24.3 Å². The molecule has 6 nitrogen and oxygen atoms in total. The predicted octanol–water partition coefficient (Wildman–Crippen LogP) is 2.80. The molecule has 2 aliphatic rings. The Morgan fingerprint density at radius 1 is 1.17 bits per heavy atom. The molecule has 4 rings (SSSR count). The second kappa shape index (κ2) is 9.45. The molecule has 160 valence electrons. The van der Waals surface area contributed by atoms with E-state index in [-0.39, 0.29) is 24.5 Å². The molecule has 2 aromatic carbocycles. The van der Waals surface area contributed by atoms with Crippen molar-refractivity contribution in [1.29, 1.82) is 0 Å². The van der Waals surface area contributed by atoms with E-state index >= 15 is 0 Å². The number of carbonyl (C=O) groups excluding carboxylic acids is 1. The normalized spacial score (nSPS) is 18.1. The number of urea groups is 1. The Morgan fingerprint density at radius 3 is 2.70 bits per heavy atom. The van der Waals surface area contributed by atoms with Crippen molar-refractivity contribution in [3.63, 3.8) is 0 Å². The summed E-state index contributed by atoms with van der Waals surface area (Å²) in [6.45, 7) is 3.02. The van der Waals surface area contributed by atoms with Crippen molar-refractivity contribution in [3.05, 3.63) is 59.9 Å². The van der Waals surface area contributed by atoms with Crippen molar-refractivity contribution >= 4 is 11.7 Å². The summed E-state index contributed by atoms with van der Waals surface area (Å²) in [6.07, 6.45) is 1.80. The molecule has 7 heteroatoms. The van der Waals surface area contributed by atoms with Crippen molar-refractivity contribution < 1.29 is 19.0 Å². The summed E-state index contributed by atoms with van der Waals surface area (Å²) >= 11 is 0. The first-order chi connectivity index (χ1) is 14.6. The van der Waals surface area contributed by atoms with Gasteiger partial charge in [0.15, 0.2) is 0 Å². The third-order valence-electron chi connectivity index (χ3n) is 5.75. The van der Waals surface area contributed by atoms with E-state index in [1.807, 2.05) is 30.3 Å². The van der Waals surface area contributed by atoms with Crippen LogP contribution in [0, 0.1) is 5.82 Å². The summed E-state index contributed by atoms with van der Waals surface area (Å²) in [4.78, 5) is 16.6. The molecule has 0 saturated carbocycles. The van der Waals surface area contributed by atoms with Crippen molar-refractivity contribution in [2.75, 3.05) is 37.7 Å². The summed E-state index contributed by atoms with van der Waals surface area (Å²) in [7, 11) is 0. The maximum absolute atomic E-state index is 13.4. The summed E-state index contributed by atoms with van der Waals surface area (Å²) in [5, 5.41) is 13.4. The number of nitrogens with zero attached hydrogens (tertiary/aromatic N) is 2. The Bertz CT molecular complexity index is 856. The third-order valence-corrected chi connectivity index (χ3v) is 5.75. The summed E-state index contributed by atoms with van der Waals surface area (Å²) in [5.41, 5.74) is 1.68. The number of nitrogens with one attached hydrogen (secondary N) is 1. The number of hydrogen-bond donors (Lipinski definition) is 2. The Kier molecular flexibility index (Phi) is 6.50. The zero-order valence-electron chi connectivity index (χ0n) is 17.0. The van der Waals surface area contributed by atoms with Gasteiger partial charge in [0.05, 0.1) is 0 Å². The van der Waals surface area contributed by atoms with E-state index in [2.05, 4.69) is 10.2 Å². The van der Waals surface area contributed by atoms with Crippen LogP contribution in [0.5, 0.6) is 5.75 Å². The number of aliphatic hydroxyl groups excluding tert-OH is 1. The van der Waals surface area contributed by atoms with Gasteiger partial charge in [-0.05, 0) is 55.2 Å². The number of fused-ring (bicyclic) bond motifs is 1. The van der Waals surface area contributed by atoms with Gasteiger partial charge in [0.2, 0.25) is 0 Å². The van der Waals surface area contributed by atoms with Crippen molar-refractivity contribution in [2.45, 2.75) is 31.4 Å². The zero-order valence-corrected chi connectivity index (χ0v) is 17.0. The van der Waals surface area contributed by atoms with Crippen LogP contribution in [-0.2, 0) is 6.42 Å². The van der Waals surface area contributed by atoms with Crippen LogP contribution in [0.25, 0.3) is 0 Å². The second-order valence-electron chi connectivity index (χ2n) is 7.98. The maximum Gasteiger partial charge on any atom is 0.322 e. The van der Waals surface area contributed by atoms with Gasteiger partial charge in [-0.15, -0.1) is 0 Å². The lowest BCUT2D eigenvalue weighted by Gasteiger charge is -2.34. The zero-order chi connectivity index (χ0) is 20.9. The summed E-state index contributed by atoms with van der Waals surface area (Å²) in [6, 6.07) is 14.1. The highest BCUT2D eigenvalue weighted by Crippen LogP contribution is 2.28. The number of aliphatic hydroxyl groups is 1. The first-order valence-electron chi connectivity index (χ1n) is 10.5. The monoisotopic (exact) mass is 413 g/mol. The second-order valence-corrected chi connectivity index (χ2v) is 7.98. The number of ether oxygens (including phenoxy) is 1. The molecule has 2 amide bonds. The van der Waals surface area contributed by atoms with Crippen molar-refractivity contribution in [2.24, 2.45) is 0 Å². The van der Waals surface area contributed by atoms with E-state index in [1.165, 1.54) is 12.1 Å².